The largest absolute Gasteiger partial charge is 0.326 e. The van der Waals surface area contributed by atoms with Gasteiger partial charge in [-0.1, -0.05) is 6.07 Å². The van der Waals surface area contributed by atoms with E-state index in [0.29, 0.717) is 16.9 Å². The lowest BCUT2D eigenvalue weighted by molar-refractivity contribution is -0.116. The minimum atomic E-state index is -3.36. The molecular formula is C15H17N3O5S. The normalized spacial score (nSPS) is 11.2. The Morgan fingerprint density at radius 3 is 2.54 bits per heavy atom. The molecule has 0 aliphatic heterocycles. The number of carbonyl (C=O) groups excluding carboxylic acids is 1. The maximum Gasteiger partial charge on any atom is 0.325 e. The van der Waals surface area contributed by atoms with E-state index in [2.05, 4.69) is 15.3 Å². The molecule has 24 heavy (non-hydrogen) atoms. The highest BCUT2D eigenvalue weighted by molar-refractivity contribution is 7.90. The van der Waals surface area contributed by atoms with Gasteiger partial charge in [0.1, 0.15) is 0 Å². The number of amides is 1. The molecule has 2 rings (SSSR count). The molecule has 0 saturated heterocycles. The van der Waals surface area contributed by atoms with Crippen molar-refractivity contribution in [3.63, 3.8) is 0 Å². The van der Waals surface area contributed by atoms with E-state index in [1.807, 2.05) is 0 Å². The van der Waals surface area contributed by atoms with Crippen LogP contribution in [-0.4, -0.2) is 30.5 Å². The van der Waals surface area contributed by atoms with E-state index in [9.17, 15) is 22.8 Å². The number of nitrogens with one attached hydrogen (secondary N) is 3. The molecule has 0 radical (unpaired) electrons. The van der Waals surface area contributed by atoms with Gasteiger partial charge in [0.15, 0.2) is 9.84 Å². The Kier molecular flexibility index (Phi) is 5.03. The van der Waals surface area contributed by atoms with Crippen LogP contribution in [0.5, 0.6) is 0 Å². The SMILES string of the molecule is Cc1[nH]c(=O)[nH]c(=O)c1CCC(=O)Nc1cccc(S(C)(=O)=O)c1. The lowest BCUT2D eigenvalue weighted by Gasteiger charge is -2.07. The summed E-state index contributed by atoms with van der Waals surface area (Å²) in [5.74, 6) is -0.370. The minimum absolute atomic E-state index is 0.0130. The molecule has 0 aliphatic carbocycles. The fourth-order valence-electron chi connectivity index (χ4n) is 2.19. The van der Waals surface area contributed by atoms with Crippen molar-refractivity contribution in [2.24, 2.45) is 0 Å². The van der Waals surface area contributed by atoms with Crippen molar-refractivity contribution in [2.45, 2.75) is 24.7 Å². The van der Waals surface area contributed by atoms with Gasteiger partial charge in [0, 0.05) is 29.6 Å². The molecule has 128 valence electrons. The van der Waals surface area contributed by atoms with E-state index in [1.165, 1.54) is 18.2 Å². The van der Waals surface area contributed by atoms with Crippen molar-refractivity contribution in [3.05, 3.63) is 56.4 Å². The number of anilines is 1. The second-order valence-corrected chi connectivity index (χ2v) is 7.38. The van der Waals surface area contributed by atoms with Gasteiger partial charge < -0.3 is 10.3 Å². The maximum atomic E-state index is 12.0. The summed E-state index contributed by atoms with van der Waals surface area (Å²) in [6.45, 7) is 1.58. The Balaban J connectivity index is 2.07. The van der Waals surface area contributed by atoms with Gasteiger partial charge in [-0.05, 0) is 31.5 Å². The topological polar surface area (TPSA) is 129 Å². The molecule has 0 bridgehead atoms. The minimum Gasteiger partial charge on any atom is -0.326 e. The van der Waals surface area contributed by atoms with E-state index < -0.39 is 21.1 Å². The summed E-state index contributed by atoms with van der Waals surface area (Å²) < 4.78 is 23.0. The van der Waals surface area contributed by atoms with E-state index in [4.69, 9.17) is 0 Å². The number of aryl methyl sites for hydroxylation is 1. The van der Waals surface area contributed by atoms with Crippen LogP contribution >= 0.6 is 0 Å². The quantitative estimate of drug-likeness (QED) is 0.716. The van der Waals surface area contributed by atoms with Crippen LogP contribution in [0.15, 0.2) is 38.8 Å². The number of sulfone groups is 1. The van der Waals surface area contributed by atoms with Gasteiger partial charge in [-0.3, -0.25) is 14.6 Å². The number of aromatic nitrogens is 2. The zero-order valence-corrected chi connectivity index (χ0v) is 14.0. The first-order chi connectivity index (χ1) is 11.2. The van der Waals surface area contributed by atoms with Crippen molar-refractivity contribution >= 4 is 21.4 Å². The Morgan fingerprint density at radius 1 is 1.21 bits per heavy atom. The monoisotopic (exact) mass is 351 g/mol. The Bertz CT molecular complexity index is 989. The predicted molar refractivity (Wildman–Crippen MR) is 88.9 cm³/mol. The van der Waals surface area contributed by atoms with Crippen LogP contribution in [0.3, 0.4) is 0 Å². The number of carbonyl (C=O) groups is 1. The van der Waals surface area contributed by atoms with E-state index in [-0.39, 0.29) is 23.6 Å². The van der Waals surface area contributed by atoms with E-state index in [1.54, 1.807) is 13.0 Å². The second kappa shape index (κ2) is 6.83. The summed E-state index contributed by atoms with van der Waals surface area (Å²) in [6.07, 6.45) is 1.24. The molecule has 2 aromatic rings. The first kappa shape index (κ1) is 17.7. The molecule has 1 heterocycles. The summed E-state index contributed by atoms with van der Waals surface area (Å²) in [5, 5.41) is 2.59. The van der Waals surface area contributed by atoms with Crippen LogP contribution in [-0.2, 0) is 21.1 Å². The molecule has 1 amide bonds. The third-order valence-electron chi connectivity index (χ3n) is 3.40. The number of aromatic amines is 2. The standard InChI is InChI=1S/C15H17N3O5S/c1-9-12(14(20)18-15(21)16-9)6-7-13(19)17-10-4-3-5-11(8-10)24(2,22)23/h3-5,8H,6-7H2,1-2H3,(H,17,19)(H2,16,18,20,21). The average molecular weight is 351 g/mol. The molecule has 0 aliphatic rings. The fraction of sp³-hybridized carbons (Fsp3) is 0.267. The van der Waals surface area contributed by atoms with Gasteiger partial charge in [-0.25, -0.2) is 13.2 Å². The van der Waals surface area contributed by atoms with Gasteiger partial charge >= 0.3 is 5.69 Å². The smallest absolute Gasteiger partial charge is 0.325 e. The van der Waals surface area contributed by atoms with Crippen molar-refractivity contribution in [1.29, 1.82) is 0 Å². The van der Waals surface area contributed by atoms with Gasteiger partial charge in [-0.15, -0.1) is 0 Å². The molecule has 0 saturated carbocycles. The third-order valence-corrected chi connectivity index (χ3v) is 4.51. The van der Waals surface area contributed by atoms with Crippen LogP contribution in [0.4, 0.5) is 5.69 Å². The van der Waals surface area contributed by atoms with Crippen LogP contribution in [0, 0.1) is 6.92 Å². The van der Waals surface area contributed by atoms with Crippen molar-refractivity contribution in [1.82, 2.24) is 9.97 Å². The second-order valence-electron chi connectivity index (χ2n) is 5.36. The Labute approximate surface area is 137 Å². The van der Waals surface area contributed by atoms with E-state index in [0.717, 1.165) is 6.26 Å². The molecule has 0 spiro atoms. The highest BCUT2D eigenvalue weighted by Crippen LogP contribution is 2.15. The maximum absolute atomic E-state index is 12.0. The summed E-state index contributed by atoms with van der Waals surface area (Å²) in [5.41, 5.74) is -0.0216. The van der Waals surface area contributed by atoms with Gasteiger partial charge in [0.25, 0.3) is 5.56 Å². The number of hydrogen-bond donors (Lipinski definition) is 3. The zero-order chi connectivity index (χ0) is 17.9. The Morgan fingerprint density at radius 2 is 1.92 bits per heavy atom. The number of H-pyrrole nitrogens is 2. The average Bonchev–Trinajstić information content (AvgIpc) is 2.45. The predicted octanol–water partition coefficient (Wildman–Crippen LogP) is 0.346. The Hall–Kier alpha value is -2.68. The molecular weight excluding hydrogens is 334 g/mol. The number of hydrogen-bond acceptors (Lipinski definition) is 5. The lowest BCUT2D eigenvalue weighted by atomic mass is 10.1. The van der Waals surface area contributed by atoms with Crippen molar-refractivity contribution in [2.75, 3.05) is 11.6 Å². The lowest BCUT2D eigenvalue weighted by Crippen LogP contribution is -2.27. The molecule has 0 fully saturated rings. The number of rotatable bonds is 5. The molecule has 1 aromatic carbocycles. The van der Waals surface area contributed by atoms with Gasteiger partial charge in [0.2, 0.25) is 5.91 Å². The van der Waals surface area contributed by atoms with E-state index >= 15 is 0 Å². The first-order valence-corrected chi connectivity index (χ1v) is 8.98. The van der Waals surface area contributed by atoms with Crippen LogP contribution in [0.2, 0.25) is 0 Å². The van der Waals surface area contributed by atoms with Crippen molar-refractivity contribution < 1.29 is 13.2 Å². The van der Waals surface area contributed by atoms with Gasteiger partial charge in [-0.2, -0.15) is 0 Å². The van der Waals surface area contributed by atoms with Crippen LogP contribution < -0.4 is 16.6 Å². The summed E-state index contributed by atoms with van der Waals surface area (Å²) >= 11 is 0. The molecule has 8 nitrogen and oxygen atoms in total. The first-order valence-electron chi connectivity index (χ1n) is 7.09. The van der Waals surface area contributed by atoms with Crippen LogP contribution in [0.1, 0.15) is 17.7 Å². The summed E-state index contributed by atoms with van der Waals surface area (Å²) in [7, 11) is -3.36. The highest BCUT2D eigenvalue weighted by Gasteiger charge is 2.11. The van der Waals surface area contributed by atoms with Crippen LogP contribution in [0.25, 0.3) is 0 Å². The summed E-state index contributed by atoms with van der Waals surface area (Å²) in [4.78, 5) is 39.5. The van der Waals surface area contributed by atoms with Gasteiger partial charge in [0.05, 0.1) is 4.90 Å². The molecule has 9 heteroatoms. The summed E-state index contributed by atoms with van der Waals surface area (Å²) in [6, 6.07) is 5.91. The van der Waals surface area contributed by atoms with Crippen molar-refractivity contribution in [3.8, 4) is 0 Å². The molecule has 3 N–H and O–H groups in total. The molecule has 0 atom stereocenters. The highest BCUT2D eigenvalue weighted by atomic mass is 32.2. The number of benzene rings is 1. The fourth-order valence-corrected chi connectivity index (χ4v) is 2.86. The third kappa shape index (κ3) is 4.42. The molecule has 1 aromatic heterocycles. The molecule has 0 unspecified atom stereocenters. The zero-order valence-electron chi connectivity index (χ0n) is 13.2.